The normalized spacial score (nSPS) is 28.7. The molecule has 0 saturated carbocycles. The van der Waals surface area contributed by atoms with Crippen LogP contribution in [0.15, 0.2) is 24.3 Å². The summed E-state index contributed by atoms with van der Waals surface area (Å²) in [5.41, 5.74) is 1.25. The van der Waals surface area contributed by atoms with Crippen LogP contribution in [0, 0.1) is 11.8 Å². The van der Waals surface area contributed by atoms with Gasteiger partial charge in [0.1, 0.15) is 11.9 Å². The van der Waals surface area contributed by atoms with Crippen LogP contribution < -0.4 is 10.1 Å². The standard InChI is InChI=1S/C22H32N2O4/c1-26-19-4-2-3-17(11-19)14-24-8-5-18-12-20(28-21(18)15-24)22(25)23-13-16-6-9-27-10-7-16/h2-4,11,16,18,20-21H,5-10,12-15H2,1H3,(H,23,25)/t18-,20+,21+/m0/s1. The van der Waals surface area contributed by atoms with Crippen LogP contribution in [0.5, 0.6) is 5.75 Å². The third-order valence-electron chi connectivity index (χ3n) is 6.37. The van der Waals surface area contributed by atoms with Gasteiger partial charge in [-0.15, -0.1) is 0 Å². The summed E-state index contributed by atoms with van der Waals surface area (Å²) in [6.07, 6.45) is 3.91. The van der Waals surface area contributed by atoms with Crippen LogP contribution in [0.25, 0.3) is 0 Å². The Hall–Kier alpha value is -1.63. The third-order valence-corrected chi connectivity index (χ3v) is 6.37. The number of benzene rings is 1. The summed E-state index contributed by atoms with van der Waals surface area (Å²) < 4.78 is 16.9. The molecule has 6 nitrogen and oxygen atoms in total. The van der Waals surface area contributed by atoms with Crippen molar-refractivity contribution in [2.75, 3.05) is 40.0 Å². The lowest BCUT2D eigenvalue weighted by Gasteiger charge is -2.34. The van der Waals surface area contributed by atoms with Gasteiger partial charge in [0.15, 0.2) is 0 Å². The predicted octanol–water partition coefficient (Wildman–Crippen LogP) is 2.22. The first-order valence-electron chi connectivity index (χ1n) is 10.6. The van der Waals surface area contributed by atoms with E-state index in [1.165, 1.54) is 5.56 Å². The molecular formula is C22H32N2O4. The molecule has 3 aliphatic heterocycles. The highest BCUT2D eigenvalue weighted by Crippen LogP contribution is 2.34. The summed E-state index contributed by atoms with van der Waals surface area (Å²) in [4.78, 5) is 15.0. The minimum Gasteiger partial charge on any atom is -0.497 e. The quantitative estimate of drug-likeness (QED) is 0.810. The van der Waals surface area contributed by atoms with E-state index in [4.69, 9.17) is 14.2 Å². The summed E-state index contributed by atoms with van der Waals surface area (Å²) in [5, 5.41) is 3.12. The molecule has 3 aliphatic rings. The van der Waals surface area contributed by atoms with E-state index in [0.717, 1.165) is 70.8 Å². The van der Waals surface area contributed by atoms with Crippen LogP contribution in [0.1, 0.15) is 31.2 Å². The zero-order valence-electron chi connectivity index (χ0n) is 16.8. The molecule has 3 atom stereocenters. The summed E-state index contributed by atoms with van der Waals surface area (Å²) in [5.74, 6) is 2.01. The number of methoxy groups -OCH3 is 1. The van der Waals surface area contributed by atoms with Crippen molar-refractivity contribution in [3.8, 4) is 5.75 Å². The van der Waals surface area contributed by atoms with Crippen molar-refractivity contribution in [2.45, 2.75) is 44.4 Å². The lowest BCUT2D eigenvalue weighted by Crippen LogP contribution is -2.42. The van der Waals surface area contributed by atoms with Crippen LogP contribution in [0.2, 0.25) is 0 Å². The van der Waals surface area contributed by atoms with Crippen molar-refractivity contribution < 1.29 is 19.0 Å². The number of piperidine rings is 1. The molecule has 3 heterocycles. The highest BCUT2D eigenvalue weighted by atomic mass is 16.5. The number of fused-ring (bicyclic) bond motifs is 1. The molecule has 3 fully saturated rings. The number of ether oxygens (including phenoxy) is 3. The lowest BCUT2D eigenvalue weighted by molar-refractivity contribution is -0.133. The van der Waals surface area contributed by atoms with E-state index in [-0.39, 0.29) is 18.1 Å². The Labute approximate surface area is 167 Å². The maximum Gasteiger partial charge on any atom is 0.249 e. The van der Waals surface area contributed by atoms with Crippen LogP contribution >= 0.6 is 0 Å². The average Bonchev–Trinajstić information content (AvgIpc) is 3.16. The largest absolute Gasteiger partial charge is 0.497 e. The number of rotatable bonds is 6. The molecule has 1 N–H and O–H groups in total. The second-order valence-electron chi connectivity index (χ2n) is 8.34. The number of amides is 1. The van der Waals surface area contributed by atoms with E-state index < -0.39 is 0 Å². The molecule has 0 radical (unpaired) electrons. The topological polar surface area (TPSA) is 60.0 Å². The van der Waals surface area contributed by atoms with Gasteiger partial charge >= 0.3 is 0 Å². The molecule has 0 bridgehead atoms. The number of hydrogen-bond donors (Lipinski definition) is 1. The number of carbonyl (C=O) groups is 1. The van der Waals surface area contributed by atoms with E-state index >= 15 is 0 Å². The van der Waals surface area contributed by atoms with E-state index in [1.807, 2.05) is 12.1 Å². The Balaban J connectivity index is 1.25. The SMILES string of the molecule is COc1cccc(CN2CC[C@H]3C[C@H](C(=O)NCC4CCOCC4)O[C@@H]3C2)c1. The van der Waals surface area contributed by atoms with E-state index in [2.05, 4.69) is 22.3 Å². The molecule has 3 saturated heterocycles. The maximum absolute atomic E-state index is 12.6. The number of nitrogens with one attached hydrogen (secondary N) is 1. The van der Waals surface area contributed by atoms with Crippen LogP contribution in [-0.2, 0) is 20.8 Å². The summed E-state index contributed by atoms with van der Waals surface area (Å²) in [7, 11) is 1.70. The van der Waals surface area contributed by atoms with E-state index in [0.29, 0.717) is 11.8 Å². The van der Waals surface area contributed by atoms with Gasteiger partial charge in [-0.2, -0.15) is 0 Å². The van der Waals surface area contributed by atoms with Crippen LogP contribution in [0.3, 0.4) is 0 Å². The smallest absolute Gasteiger partial charge is 0.249 e. The molecule has 0 unspecified atom stereocenters. The first-order valence-corrected chi connectivity index (χ1v) is 10.6. The zero-order valence-corrected chi connectivity index (χ0v) is 16.8. The minimum absolute atomic E-state index is 0.0697. The molecular weight excluding hydrogens is 356 g/mol. The first-order chi connectivity index (χ1) is 13.7. The van der Waals surface area contributed by atoms with Gasteiger partial charge in [0, 0.05) is 32.8 Å². The Morgan fingerprint density at radius 3 is 2.96 bits per heavy atom. The van der Waals surface area contributed by atoms with Gasteiger partial charge in [0.25, 0.3) is 0 Å². The predicted molar refractivity (Wildman–Crippen MR) is 106 cm³/mol. The number of hydrogen-bond acceptors (Lipinski definition) is 5. The lowest BCUT2D eigenvalue weighted by atomic mass is 9.91. The van der Waals surface area contributed by atoms with Gasteiger partial charge in [-0.05, 0) is 61.8 Å². The van der Waals surface area contributed by atoms with Crippen LogP contribution in [0.4, 0.5) is 0 Å². The number of nitrogens with zero attached hydrogens (tertiary/aromatic N) is 1. The van der Waals surface area contributed by atoms with Crippen molar-refractivity contribution in [3.63, 3.8) is 0 Å². The Morgan fingerprint density at radius 1 is 1.29 bits per heavy atom. The summed E-state index contributed by atoms with van der Waals surface area (Å²) >= 11 is 0. The Bertz CT molecular complexity index is 662. The van der Waals surface area contributed by atoms with Crippen molar-refractivity contribution in [2.24, 2.45) is 11.8 Å². The van der Waals surface area contributed by atoms with Crippen molar-refractivity contribution in [3.05, 3.63) is 29.8 Å². The molecule has 154 valence electrons. The second-order valence-corrected chi connectivity index (χ2v) is 8.34. The fourth-order valence-corrected chi connectivity index (χ4v) is 4.65. The van der Waals surface area contributed by atoms with Crippen molar-refractivity contribution in [1.82, 2.24) is 10.2 Å². The minimum atomic E-state index is -0.286. The van der Waals surface area contributed by atoms with E-state index in [9.17, 15) is 4.79 Å². The molecule has 1 amide bonds. The molecule has 0 aromatic heterocycles. The maximum atomic E-state index is 12.6. The van der Waals surface area contributed by atoms with Gasteiger partial charge in [0.05, 0.1) is 13.2 Å². The van der Waals surface area contributed by atoms with E-state index in [1.54, 1.807) is 7.11 Å². The fourth-order valence-electron chi connectivity index (χ4n) is 4.65. The monoisotopic (exact) mass is 388 g/mol. The molecule has 6 heteroatoms. The van der Waals surface area contributed by atoms with Crippen molar-refractivity contribution >= 4 is 5.91 Å². The van der Waals surface area contributed by atoms with Gasteiger partial charge in [0.2, 0.25) is 5.91 Å². The van der Waals surface area contributed by atoms with Crippen molar-refractivity contribution in [1.29, 1.82) is 0 Å². The molecule has 1 aromatic carbocycles. The van der Waals surface area contributed by atoms with Gasteiger partial charge in [-0.3, -0.25) is 9.69 Å². The molecule has 0 aliphatic carbocycles. The van der Waals surface area contributed by atoms with Gasteiger partial charge in [-0.1, -0.05) is 12.1 Å². The Morgan fingerprint density at radius 2 is 2.14 bits per heavy atom. The first kappa shape index (κ1) is 19.7. The zero-order chi connectivity index (χ0) is 19.3. The summed E-state index contributed by atoms with van der Waals surface area (Å²) in [6, 6.07) is 8.23. The summed E-state index contributed by atoms with van der Waals surface area (Å²) in [6.45, 7) is 5.22. The molecule has 1 aromatic rings. The highest BCUT2D eigenvalue weighted by Gasteiger charge is 2.41. The third kappa shape index (κ3) is 4.85. The second kappa shape index (κ2) is 9.25. The Kier molecular flexibility index (Phi) is 6.50. The molecule has 4 rings (SSSR count). The number of likely N-dealkylation sites (tertiary alicyclic amines) is 1. The fraction of sp³-hybridized carbons (Fsp3) is 0.682. The molecule has 28 heavy (non-hydrogen) atoms. The molecule has 0 spiro atoms. The van der Waals surface area contributed by atoms with Gasteiger partial charge in [-0.25, -0.2) is 0 Å². The number of carbonyl (C=O) groups excluding carboxylic acids is 1. The van der Waals surface area contributed by atoms with Crippen LogP contribution in [-0.4, -0.2) is 63.0 Å². The van der Waals surface area contributed by atoms with Gasteiger partial charge < -0.3 is 19.5 Å². The average molecular weight is 389 g/mol. The highest BCUT2D eigenvalue weighted by molar-refractivity contribution is 5.81.